The van der Waals surface area contributed by atoms with E-state index in [9.17, 15) is 40.5 Å². The number of aliphatic hydroxyl groups is 7. The fourth-order valence-corrected chi connectivity index (χ4v) is 8.42. The van der Waals surface area contributed by atoms with Gasteiger partial charge in [-0.2, -0.15) is 0 Å². The van der Waals surface area contributed by atoms with E-state index in [1.165, 1.54) is 135 Å². The molecule has 1 aliphatic rings. The van der Waals surface area contributed by atoms with Crippen LogP contribution in [0, 0.1) is 0 Å². The molecule has 0 radical (unpaired) electrons. The number of carbonyl (C=O) groups excluding carboxylic acids is 1. The number of hydrogen-bond acceptors (Lipinski definition) is 10. The van der Waals surface area contributed by atoms with Crippen molar-refractivity contribution < 1.29 is 50.0 Å². The first-order chi connectivity index (χ1) is 31.2. The fraction of sp³-hybridized carbons (Fsp3) is 0.868. The standard InChI is InChI=1S/C53H99NO10/c1-3-5-7-9-11-13-15-17-18-19-20-21-22-23-24-25-26-27-28-29-31-33-35-37-39-41-46(57)52(62)54-44(43-63-53-51(61)50(60)49(59)47(42-55)64-53)48(58)45(56)40-38-36-34-32-30-16-14-12-10-8-6-4-2/h4,6,12,14,32,34,44-51,53,55-61H,3,5,7-11,13,15-31,33,35-43H2,1-2H3,(H,54,62)/b6-4+,14-12+,34-32+. The fourth-order valence-electron chi connectivity index (χ4n) is 8.42. The number of rotatable bonds is 44. The zero-order valence-corrected chi connectivity index (χ0v) is 40.8. The van der Waals surface area contributed by atoms with Crippen LogP contribution in [0.2, 0.25) is 0 Å². The van der Waals surface area contributed by atoms with Crippen molar-refractivity contribution in [3.05, 3.63) is 36.5 Å². The minimum absolute atomic E-state index is 0.241. The third-order valence-electron chi connectivity index (χ3n) is 12.7. The summed E-state index contributed by atoms with van der Waals surface area (Å²) in [5.74, 6) is -0.711. The van der Waals surface area contributed by atoms with Crippen molar-refractivity contribution >= 4 is 5.91 Å². The third kappa shape index (κ3) is 31.3. The van der Waals surface area contributed by atoms with Crippen molar-refractivity contribution in [2.75, 3.05) is 13.2 Å². The molecule has 0 spiro atoms. The molecule has 1 amide bonds. The molecule has 9 unspecified atom stereocenters. The molecular formula is C53H99NO10. The first-order valence-corrected chi connectivity index (χ1v) is 26.4. The largest absolute Gasteiger partial charge is 0.394 e. The van der Waals surface area contributed by atoms with Gasteiger partial charge in [0.1, 0.15) is 36.6 Å². The van der Waals surface area contributed by atoms with Crippen LogP contribution in [0.25, 0.3) is 0 Å². The minimum atomic E-state index is -1.67. The van der Waals surface area contributed by atoms with Crippen molar-refractivity contribution in [3.63, 3.8) is 0 Å². The summed E-state index contributed by atoms with van der Waals surface area (Å²) in [7, 11) is 0. The molecule has 1 fully saturated rings. The first kappa shape index (κ1) is 60.3. The van der Waals surface area contributed by atoms with Crippen molar-refractivity contribution in [1.82, 2.24) is 5.32 Å². The summed E-state index contributed by atoms with van der Waals surface area (Å²) in [5, 5.41) is 75.7. The van der Waals surface area contributed by atoms with Gasteiger partial charge in [0, 0.05) is 0 Å². The van der Waals surface area contributed by atoms with Crippen LogP contribution in [-0.4, -0.2) is 110 Å². The van der Waals surface area contributed by atoms with E-state index in [0.29, 0.717) is 19.3 Å². The number of nitrogens with one attached hydrogen (secondary N) is 1. The van der Waals surface area contributed by atoms with Crippen molar-refractivity contribution in [3.8, 4) is 0 Å². The second kappa shape index (κ2) is 42.7. The summed E-state index contributed by atoms with van der Waals surface area (Å²) >= 11 is 0. The van der Waals surface area contributed by atoms with E-state index in [0.717, 1.165) is 44.9 Å². The molecule has 0 aromatic carbocycles. The molecule has 0 saturated carbocycles. The maximum absolute atomic E-state index is 13.1. The van der Waals surface area contributed by atoms with Crippen molar-refractivity contribution in [2.24, 2.45) is 0 Å². The number of ether oxygens (including phenoxy) is 2. The highest BCUT2D eigenvalue weighted by atomic mass is 16.7. The molecule has 376 valence electrons. The third-order valence-corrected chi connectivity index (χ3v) is 12.7. The lowest BCUT2D eigenvalue weighted by atomic mass is 9.98. The lowest BCUT2D eigenvalue weighted by Gasteiger charge is -2.40. The van der Waals surface area contributed by atoms with Crippen LogP contribution in [0.15, 0.2) is 36.5 Å². The Bertz CT molecular complexity index is 1130. The van der Waals surface area contributed by atoms with Gasteiger partial charge < -0.3 is 50.5 Å². The number of allylic oxidation sites excluding steroid dienone is 6. The Kier molecular flexibility index (Phi) is 40.2. The van der Waals surface area contributed by atoms with Gasteiger partial charge in [0.25, 0.3) is 0 Å². The Labute approximate surface area is 390 Å². The molecule has 9 atom stereocenters. The van der Waals surface area contributed by atoms with Gasteiger partial charge in [-0.15, -0.1) is 0 Å². The minimum Gasteiger partial charge on any atom is -0.394 e. The van der Waals surface area contributed by atoms with Gasteiger partial charge in [0.2, 0.25) is 5.91 Å². The van der Waals surface area contributed by atoms with Gasteiger partial charge >= 0.3 is 0 Å². The lowest BCUT2D eigenvalue weighted by molar-refractivity contribution is -0.303. The van der Waals surface area contributed by atoms with E-state index in [-0.39, 0.29) is 12.8 Å². The van der Waals surface area contributed by atoms with E-state index in [4.69, 9.17) is 9.47 Å². The quantitative estimate of drug-likeness (QED) is 0.0216. The number of aliphatic hydroxyl groups excluding tert-OH is 7. The number of unbranched alkanes of at least 4 members (excludes halogenated alkanes) is 27. The number of hydrogen-bond donors (Lipinski definition) is 8. The SMILES string of the molecule is C/C=C/CC/C=C/CC/C=C/CCCC(O)C(O)C(COC1OC(CO)C(O)C(O)C1O)NC(=O)C(O)CCCCCCCCCCCCCCCCCCCCCCCCCCC. The molecule has 1 rings (SSSR count). The zero-order chi connectivity index (χ0) is 46.9. The average molecular weight is 910 g/mol. The summed E-state index contributed by atoms with van der Waals surface area (Å²) in [6.07, 6.45) is 39.4. The Morgan fingerprint density at radius 2 is 0.984 bits per heavy atom. The molecule has 11 heteroatoms. The second-order valence-electron chi connectivity index (χ2n) is 18.6. The van der Waals surface area contributed by atoms with Gasteiger partial charge in [0.05, 0.1) is 25.4 Å². The molecule has 0 aromatic heterocycles. The molecule has 8 N–H and O–H groups in total. The topological polar surface area (TPSA) is 189 Å². The Hall–Kier alpha value is -1.67. The first-order valence-electron chi connectivity index (χ1n) is 26.4. The molecule has 0 aromatic rings. The summed E-state index contributed by atoms with van der Waals surface area (Å²) in [6.45, 7) is 3.22. The van der Waals surface area contributed by atoms with Crippen LogP contribution >= 0.6 is 0 Å². The molecule has 1 saturated heterocycles. The Morgan fingerprint density at radius 3 is 1.42 bits per heavy atom. The molecule has 11 nitrogen and oxygen atoms in total. The van der Waals surface area contributed by atoms with Gasteiger partial charge in [-0.25, -0.2) is 0 Å². The lowest BCUT2D eigenvalue weighted by Crippen LogP contribution is -2.60. The maximum Gasteiger partial charge on any atom is 0.249 e. The number of carbonyl (C=O) groups is 1. The molecule has 1 heterocycles. The summed E-state index contributed by atoms with van der Waals surface area (Å²) in [5.41, 5.74) is 0. The van der Waals surface area contributed by atoms with Gasteiger partial charge in [-0.05, 0) is 58.3 Å². The van der Waals surface area contributed by atoms with E-state index in [1.54, 1.807) is 0 Å². The monoisotopic (exact) mass is 910 g/mol. The van der Waals surface area contributed by atoms with E-state index < -0.39 is 74.2 Å². The molecule has 0 bridgehead atoms. The van der Waals surface area contributed by atoms with Crippen LogP contribution in [-0.2, 0) is 14.3 Å². The Morgan fingerprint density at radius 1 is 0.562 bits per heavy atom. The predicted octanol–water partition coefficient (Wildman–Crippen LogP) is 9.95. The summed E-state index contributed by atoms with van der Waals surface area (Å²) in [4.78, 5) is 13.1. The van der Waals surface area contributed by atoms with E-state index in [2.05, 4.69) is 42.6 Å². The average Bonchev–Trinajstić information content (AvgIpc) is 3.29. The predicted molar refractivity (Wildman–Crippen MR) is 261 cm³/mol. The van der Waals surface area contributed by atoms with Crippen molar-refractivity contribution in [2.45, 2.75) is 281 Å². The zero-order valence-electron chi connectivity index (χ0n) is 40.8. The number of amides is 1. The molecule has 1 aliphatic heterocycles. The van der Waals surface area contributed by atoms with Crippen LogP contribution in [0.4, 0.5) is 0 Å². The highest BCUT2D eigenvalue weighted by molar-refractivity contribution is 5.80. The normalized spacial score (nSPS) is 21.3. The van der Waals surface area contributed by atoms with Crippen LogP contribution in [0.3, 0.4) is 0 Å². The highest BCUT2D eigenvalue weighted by Crippen LogP contribution is 2.23. The van der Waals surface area contributed by atoms with Gasteiger partial charge in [-0.1, -0.05) is 204 Å². The molecule has 64 heavy (non-hydrogen) atoms. The maximum atomic E-state index is 13.1. The molecule has 0 aliphatic carbocycles. The van der Waals surface area contributed by atoms with Gasteiger partial charge in [-0.3, -0.25) is 4.79 Å². The highest BCUT2D eigenvalue weighted by Gasteiger charge is 2.44. The summed E-state index contributed by atoms with van der Waals surface area (Å²) < 4.78 is 11.1. The van der Waals surface area contributed by atoms with Gasteiger partial charge in [0.15, 0.2) is 6.29 Å². The van der Waals surface area contributed by atoms with E-state index >= 15 is 0 Å². The van der Waals surface area contributed by atoms with Crippen LogP contribution < -0.4 is 5.32 Å². The Balaban J connectivity index is 2.30. The van der Waals surface area contributed by atoms with Crippen molar-refractivity contribution in [1.29, 1.82) is 0 Å². The second-order valence-corrected chi connectivity index (χ2v) is 18.6. The summed E-state index contributed by atoms with van der Waals surface area (Å²) in [6, 6.07) is -1.19. The van der Waals surface area contributed by atoms with E-state index in [1.807, 2.05) is 13.0 Å². The molecular weight excluding hydrogens is 811 g/mol. The van der Waals surface area contributed by atoms with Crippen LogP contribution in [0.1, 0.15) is 226 Å². The smallest absolute Gasteiger partial charge is 0.249 e. The van der Waals surface area contributed by atoms with Crippen LogP contribution in [0.5, 0.6) is 0 Å².